The number of fused-ring (bicyclic) bond motifs is 1. The SMILES string of the molecule is C[C@@H]1CCc2nnc(-c3cccc(N)n3)n21. The number of nitrogen functional groups attached to an aromatic ring is 1. The molecule has 2 aromatic heterocycles. The van der Waals surface area contributed by atoms with E-state index in [1.54, 1.807) is 6.07 Å². The predicted molar refractivity (Wildman–Crippen MR) is 60.7 cm³/mol. The van der Waals surface area contributed by atoms with Gasteiger partial charge >= 0.3 is 0 Å². The minimum Gasteiger partial charge on any atom is -0.384 e. The molecule has 2 aromatic rings. The lowest BCUT2D eigenvalue weighted by Crippen LogP contribution is -2.03. The van der Waals surface area contributed by atoms with Crippen molar-refractivity contribution in [2.45, 2.75) is 25.8 Å². The Morgan fingerprint density at radius 2 is 2.25 bits per heavy atom. The van der Waals surface area contributed by atoms with Crippen LogP contribution in [0.2, 0.25) is 0 Å². The number of hydrogen-bond donors (Lipinski definition) is 1. The molecule has 3 heterocycles. The molecule has 0 unspecified atom stereocenters. The molecule has 0 saturated heterocycles. The highest BCUT2D eigenvalue weighted by molar-refractivity contribution is 5.53. The van der Waals surface area contributed by atoms with Crippen LogP contribution in [0.4, 0.5) is 5.82 Å². The van der Waals surface area contributed by atoms with Gasteiger partial charge in [0.15, 0.2) is 5.82 Å². The maximum absolute atomic E-state index is 5.68. The number of aryl methyl sites for hydroxylation is 1. The Balaban J connectivity index is 2.14. The van der Waals surface area contributed by atoms with Gasteiger partial charge in [-0.15, -0.1) is 10.2 Å². The fraction of sp³-hybridized carbons (Fsp3) is 0.364. The molecule has 5 heteroatoms. The van der Waals surface area contributed by atoms with Crippen LogP contribution in [0.5, 0.6) is 0 Å². The highest BCUT2D eigenvalue weighted by Gasteiger charge is 2.24. The van der Waals surface area contributed by atoms with Crippen molar-refractivity contribution in [3.63, 3.8) is 0 Å². The molecule has 0 aromatic carbocycles. The van der Waals surface area contributed by atoms with Crippen molar-refractivity contribution in [1.29, 1.82) is 0 Å². The van der Waals surface area contributed by atoms with Crippen LogP contribution in [0, 0.1) is 0 Å². The number of anilines is 1. The molecule has 2 N–H and O–H groups in total. The Morgan fingerprint density at radius 1 is 1.38 bits per heavy atom. The Bertz CT molecular complexity index is 531. The predicted octanol–water partition coefficient (Wildman–Crippen LogP) is 1.43. The first kappa shape index (κ1) is 9.33. The van der Waals surface area contributed by atoms with E-state index in [0.29, 0.717) is 11.9 Å². The zero-order chi connectivity index (χ0) is 11.1. The number of hydrogen-bond acceptors (Lipinski definition) is 4. The first-order valence-electron chi connectivity index (χ1n) is 5.42. The Morgan fingerprint density at radius 3 is 3.06 bits per heavy atom. The van der Waals surface area contributed by atoms with Gasteiger partial charge in [0.05, 0.1) is 0 Å². The van der Waals surface area contributed by atoms with Gasteiger partial charge in [-0.25, -0.2) is 4.98 Å². The van der Waals surface area contributed by atoms with Crippen LogP contribution in [0.25, 0.3) is 11.5 Å². The lowest BCUT2D eigenvalue weighted by molar-refractivity contribution is 0.581. The Kier molecular flexibility index (Phi) is 1.92. The lowest BCUT2D eigenvalue weighted by atomic mass is 10.2. The minimum absolute atomic E-state index is 0.447. The lowest BCUT2D eigenvalue weighted by Gasteiger charge is -2.08. The number of pyridine rings is 1. The molecule has 0 spiro atoms. The van der Waals surface area contributed by atoms with Gasteiger partial charge < -0.3 is 10.3 Å². The molecule has 1 atom stereocenters. The molecular formula is C11H13N5. The molecule has 1 aliphatic heterocycles. The molecule has 5 nitrogen and oxygen atoms in total. The summed E-state index contributed by atoms with van der Waals surface area (Å²) < 4.78 is 2.15. The fourth-order valence-electron chi connectivity index (χ4n) is 2.18. The normalized spacial score (nSPS) is 18.7. The van der Waals surface area contributed by atoms with Crippen LogP contribution in [0.3, 0.4) is 0 Å². The van der Waals surface area contributed by atoms with Gasteiger partial charge in [0, 0.05) is 12.5 Å². The average Bonchev–Trinajstić information content (AvgIpc) is 2.82. The summed E-state index contributed by atoms with van der Waals surface area (Å²) in [4.78, 5) is 4.28. The van der Waals surface area contributed by atoms with Crippen molar-refractivity contribution >= 4 is 5.82 Å². The van der Waals surface area contributed by atoms with E-state index in [1.165, 1.54) is 0 Å². The molecule has 0 bridgehead atoms. The second-order valence-corrected chi connectivity index (χ2v) is 4.15. The molecule has 3 rings (SSSR count). The number of nitrogens with zero attached hydrogens (tertiary/aromatic N) is 4. The van der Waals surface area contributed by atoms with E-state index in [1.807, 2.05) is 12.1 Å². The summed E-state index contributed by atoms with van der Waals surface area (Å²) in [5, 5.41) is 8.38. The van der Waals surface area contributed by atoms with E-state index in [0.717, 1.165) is 30.2 Å². The van der Waals surface area contributed by atoms with E-state index < -0.39 is 0 Å². The largest absolute Gasteiger partial charge is 0.384 e. The Hall–Kier alpha value is -1.91. The molecule has 16 heavy (non-hydrogen) atoms. The molecule has 0 fully saturated rings. The molecule has 1 aliphatic rings. The van der Waals surface area contributed by atoms with Crippen molar-refractivity contribution in [2.75, 3.05) is 5.73 Å². The number of rotatable bonds is 1. The van der Waals surface area contributed by atoms with Gasteiger partial charge in [-0.1, -0.05) is 6.07 Å². The smallest absolute Gasteiger partial charge is 0.182 e. The summed E-state index contributed by atoms with van der Waals surface area (Å²) in [5.41, 5.74) is 6.47. The second kappa shape index (κ2) is 3.30. The van der Waals surface area contributed by atoms with Gasteiger partial charge in [0.1, 0.15) is 17.3 Å². The standard InChI is InChI=1S/C11H13N5/c1-7-5-6-10-14-15-11(16(7)10)8-3-2-4-9(12)13-8/h2-4,7H,5-6H2,1H3,(H2,12,13)/t7-/m1/s1. The van der Waals surface area contributed by atoms with E-state index in [4.69, 9.17) is 5.73 Å². The van der Waals surface area contributed by atoms with Crippen LogP contribution in [0.1, 0.15) is 25.2 Å². The fourth-order valence-corrected chi connectivity index (χ4v) is 2.18. The monoisotopic (exact) mass is 215 g/mol. The van der Waals surface area contributed by atoms with Crippen molar-refractivity contribution < 1.29 is 0 Å². The molecule has 0 saturated carbocycles. The molecule has 0 amide bonds. The third kappa shape index (κ3) is 1.28. The third-order valence-corrected chi connectivity index (χ3v) is 2.99. The summed E-state index contributed by atoms with van der Waals surface area (Å²) in [5.74, 6) is 2.39. The van der Waals surface area contributed by atoms with Gasteiger partial charge in [-0.3, -0.25) is 0 Å². The van der Waals surface area contributed by atoms with Crippen LogP contribution in [-0.2, 0) is 6.42 Å². The highest BCUT2D eigenvalue weighted by Crippen LogP contribution is 2.29. The van der Waals surface area contributed by atoms with Crippen molar-refractivity contribution in [2.24, 2.45) is 0 Å². The zero-order valence-electron chi connectivity index (χ0n) is 9.09. The second-order valence-electron chi connectivity index (χ2n) is 4.15. The van der Waals surface area contributed by atoms with Crippen LogP contribution in [-0.4, -0.2) is 19.7 Å². The minimum atomic E-state index is 0.447. The molecule has 0 aliphatic carbocycles. The van der Waals surface area contributed by atoms with E-state index >= 15 is 0 Å². The zero-order valence-corrected chi connectivity index (χ0v) is 9.09. The van der Waals surface area contributed by atoms with Gasteiger partial charge in [0.2, 0.25) is 0 Å². The van der Waals surface area contributed by atoms with Crippen LogP contribution < -0.4 is 5.73 Å². The average molecular weight is 215 g/mol. The van der Waals surface area contributed by atoms with E-state index in [2.05, 4.69) is 26.7 Å². The highest BCUT2D eigenvalue weighted by atomic mass is 15.3. The van der Waals surface area contributed by atoms with Crippen LogP contribution >= 0.6 is 0 Å². The van der Waals surface area contributed by atoms with Crippen molar-refractivity contribution in [1.82, 2.24) is 19.7 Å². The van der Waals surface area contributed by atoms with Gasteiger partial charge in [-0.05, 0) is 25.5 Å². The maximum Gasteiger partial charge on any atom is 0.182 e. The molecular weight excluding hydrogens is 202 g/mol. The topological polar surface area (TPSA) is 69.6 Å². The summed E-state index contributed by atoms with van der Waals surface area (Å²) in [6.07, 6.45) is 2.12. The van der Waals surface area contributed by atoms with Crippen molar-refractivity contribution in [3.8, 4) is 11.5 Å². The molecule has 0 radical (unpaired) electrons. The maximum atomic E-state index is 5.68. The first-order chi connectivity index (χ1) is 7.75. The van der Waals surface area contributed by atoms with Gasteiger partial charge in [-0.2, -0.15) is 0 Å². The summed E-state index contributed by atoms with van der Waals surface area (Å²) in [6, 6.07) is 6.02. The summed E-state index contributed by atoms with van der Waals surface area (Å²) in [6.45, 7) is 2.18. The van der Waals surface area contributed by atoms with E-state index in [9.17, 15) is 0 Å². The third-order valence-electron chi connectivity index (χ3n) is 2.99. The summed E-state index contributed by atoms with van der Waals surface area (Å²) in [7, 11) is 0. The van der Waals surface area contributed by atoms with Gasteiger partial charge in [0.25, 0.3) is 0 Å². The quantitative estimate of drug-likeness (QED) is 0.781. The van der Waals surface area contributed by atoms with Crippen LogP contribution in [0.15, 0.2) is 18.2 Å². The van der Waals surface area contributed by atoms with E-state index in [-0.39, 0.29) is 0 Å². The first-order valence-corrected chi connectivity index (χ1v) is 5.42. The summed E-state index contributed by atoms with van der Waals surface area (Å²) >= 11 is 0. The number of aromatic nitrogens is 4. The number of nitrogens with two attached hydrogens (primary N) is 1. The Labute approximate surface area is 93.3 Å². The molecule has 82 valence electrons. The van der Waals surface area contributed by atoms with Crippen molar-refractivity contribution in [3.05, 3.63) is 24.0 Å².